The van der Waals surface area contributed by atoms with E-state index in [1.54, 1.807) is 0 Å². The Hall–Kier alpha value is -0.0957. The molecule has 0 heterocycles. The van der Waals surface area contributed by atoms with E-state index in [0.717, 1.165) is 6.42 Å². The summed E-state index contributed by atoms with van der Waals surface area (Å²) in [6.45, 7) is 34.6. The predicted octanol–water partition coefficient (Wildman–Crippen LogP) is 10.6. The van der Waals surface area contributed by atoms with Gasteiger partial charge in [0.2, 0.25) is 0 Å². The fourth-order valence-corrected chi connectivity index (χ4v) is 12.3. The van der Waals surface area contributed by atoms with Crippen molar-refractivity contribution in [1.29, 1.82) is 0 Å². The fourth-order valence-electron chi connectivity index (χ4n) is 4.86. The predicted molar refractivity (Wildman–Crippen MR) is 148 cm³/mol. The standard InChI is InChI=1S/C17H32NP.C12H22.Ti/c1-15(2,3)19(16(4,5)6,17(7,8)9)18-14-12-10-11-13-14;1-11(2,3)9-7-8-10-12(4,5)6;/h10-12H,13H2,1-9H3;7-10H,1-6H3;. The average Bonchev–Trinajstić information content (AvgIpc) is 2.97. The molecule has 32 heavy (non-hydrogen) atoms. The maximum Gasteiger partial charge on any atom is 0.0425 e. The van der Waals surface area contributed by atoms with Gasteiger partial charge in [-0.05, 0) is 39.4 Å². The first-order valence-corrected chi connectivity index (χ1v) is 13.6. The van der Waals surface area contributed by atoms with Crippen molar-refractivity contribution in [1.82, 2.24) is 0 Å². The van der Waals surface area contributed by atoms with Crippen LogP contribution in [0, 0.1) is 10.8 Å². The number of allylic oxidation sites excluding steroid dienone is 7. The summed E-state index contributed by atoms with van der Waals surface area (Å²) in [5, 5.41) is 0.646. The molecular formula is C29H54NPTi. The second-order valence-electron chi connectivity index (χ2n) is 14.0. The van der Waals surface area contributed by atoms with Crippen molar-refractivity contribution in [3.8, 4) is 0 Å². The van der Waals surface area contributed by atoms with Gasteiger partial charge >= 0.3 is 0 Å². The molecule has 0 aliphatic heterocycles. The molecule has 0 aromatic rings. The maximum absolute atomic E-state index is 5.43. The quantitative estimate of drug-likeness (QED) is 0.205. The molecule has 1 aliphatic carbocycles. The van der Waals surface area contributed by atoms with Gasteiger partial charge in [-0.1, -0.05) is 140 Å². The Bertz CT molecular complexity index is 679. The van der Waals surface area contributed by atoms with Gasteiger partial charge in [-0.3, -0.25) is 4.74 Å². The van der Waals surface area contributed by atoms with Gasteiger partial charge in [0.1, 0.15) is 0 Å². The molecule has 0 atom stereocenters. The molecule has 0 amide bonds. The third kappa shape index (κ3) is 10.9. The molecule has 0 radical (unpaired) electrons. The van der Waals surface area contributed by atoms with Crippen LogP contribution in [-0.2, 0) is 21.7 Å². The fraction of sp³-hybridized carbons (Fsp3) is 0.724. The number of nitrogens with zero attached hydrogens (tertiary/aromatic N) is 1. The molecule has 0 fully saturated rings. The zero-order valence-corrected chi connectivity index (χ0v) is 26.6. The van der Waals surface area contributed by atoms with E-state index < -0.39 is 7.05 Å². The monoisotopic (exact) mass is 495 g/mol. The van der Waals surface area contributed by atoms with E-state index in [0.29, 0.717) is 10.8 Å². The van der Waals surface area contributed by atoms with Crippen molar-refractivity contribution in [2.45, 2.75) is 126 Å². The molecule has 0 unspecified atom stereocenters. The van der Waals surface area contributed by atoms with Crippen LogP contribution in [-0.4, -0.2) is 15.5 Å². The van der Waals surface area contributed by atoms with Crippen LogP contribution < -0.4 is 0 Å². The molecule has 0 bridgehead atoms. The van der Waals surface area contributed by atoms with E-state index in [2.05, 4.69) is 146 Å². The van der Waals surface area contributed by atoms with Gasteiger partial charge < -0.3 is 0 Å². The van der Waals surface area contributed by atoms with Crippen LogP contribution >= 0.6 is 7.05 Å². The molecule has 0 spiro atoms. The second-order valence-corrected chi connectivity index (χ2v) is 19.5. The summed E-state index contributed by atoms with van der Waals surface area (Å²) in [6, 6.07) is 0. The Kier molecular flexibility index (Phi) is 12.8. The van der Waals surface area contributed by atoms with Gasteiger partial charge in [0.05, 0.1) is 0 Å². The third-order valence-corrected chi connectivity index (χ3v) is 11.6. The van der Waals surface area contributed by atoms with Crippen molar-refractivity contribution in [3.63, 3.8) is 0 Å². The second kappa shape index (κ2) is 12.0. The molecule has 1 aliphatic rings. The summed E-state index contributed by atoms with van der Waals surface area (Å²) in [5.41, 5.74) is 1.86. The van der Waals surface area contributed by atoms with E-state index in [-0.39, 0.29) is 37.2 Å². The molecule has 0 aromatic heterocycles. The van der Waals surface area contributed by atoms with Gasteiger partial charge in [-0.25, -0.2) is 0 Å². The van der Waals surface area contributed by atoms with E-state index >= 15 is 0 Å². The Labute approximate surface area is 217 Å². The maximum atomic E-state index is 5.43. The van der Waals surface area contributed by atoms with E-state index in [9.17, 15) is 0 Å². The average molecular weight is 496 g/mol. The van der Waals surface area contributed by atoms with Crippen molar-refractivity contribution in [3.05, 3.63) is 48.2 Å². The summed E-state index contributed by atoms with van der Waals surface area (Å²) in [4.78, 5) is 0. The molecule has 1 rings (SSSR count). The number of hydrogen-bond acceptors (Lipinski definition) is 1. The molecule has 0 saturated carbocycles. The molecule has 0 N–H and O–H groups in total. The Balaban J connectivity index is 0. The first kappa shape index (κ1) is 34.1. The van der Waals surface area contributed by atoms with Crippen LogP contribution in [0.25, 0.3) is 0 Å². The summed E-state index contributed by atoms with van der Waals surface area (Å²) < 4.78 is 5.43. The number of hydrogen-bond donors (Lipinski definition) is 0. The van der Waals surface area contributed by atoms with Crippen LogP contribution in [0.4, 0.5) is 0 Å². The van der Waals surface area contributed by atoms with E-state index in [1.165, 1.54) is 5.70 Å². The smallest absolute Gasteiger partial charge is 0.0425 e. The van der Waals surface area contributed by atoms with Gasteiger partial charge in [0.15, 0.2) is 0 Å². The van der Waals surface area contributed by atoms with Crippen molar-refractivity contribution >= 4 is 7.05 Å². The zero-order valence-electron chi connectivity index (χ0n) is 24.1. The van der Waals surface area contributed by atoms with Crippen LogP contribution in [0.2, 0.25) is 0 Å². The third-order valence-electron chi connectivity index (χ3n) is 5.25. The number of rotatable bonds is 2. The summed E-state index contributed by atoms with van der Waals surface area (Å²) in [6.07, 6.45) is 16.2. The van der Waals surface area contributed by atoms with Gasteiger partial charge in [0, 0.05) is 33.8 Å². The Morgan fingerprint density at radius 1 is 0.656 bits per heavy atom. The SMILES string of the molecule is CC(C)(C)C=CC=CC(C)(C)C.CC(C)(C)P(=NC1=CC=CC1)(C(C)(C)C)C(C)(C)C.[Ti]. The molecule has 0 aromatic carbocycles. The van der Waals surface area contributed by atoms with E-state index in [4.69, 9.17) is 4.74 Å². The van der Waals surface area contributed by atoms with Crippen LogP contribution in [0.15, 0.2) is 53.0 Å². The van der Waals surface area contributed by atoms with Crippen molar-refractivity contribution in [2.24, 2.45) is 15.6 Å². The molecule has 1 nitrogen and oxygen atoms in total. The van der Waals surface area contributed by atoms with Crippen molar-refractivity contribution < 1.29 is 21.7 Å². The largest absolute Gasteiger partial charge is 0.270 e. The minimum absolute atomic E-state index is 0. The summed E-state index contributed by atoms with van der Waals surface area (Å²) >= 11 is 0. The zero-order chi connectivity index (χ0) is 24.9. The van der Waals surface area contributed by atoms with Crippen LogP contribution in [0.5, 0.6) is 0 Å². The minimum Gasteiger partial charge on any atom is -0.270 e. The first-order chi connectivity index (χ1) is 13.5. The Morgan fingerprint density at radius 3 is 1.22 bits per heavy atom. The molecular weight excluding hydrogens is 441 g/mol. The van der Waals surface area contributed by atoms with Crippen molar-refractivity contribution in [2.75, 3.05) is 0 Å². The van der Waals surface area contributed by atoms with Crippen LogP contribution in [0.1, 0.15) is 110 Å². The van der Waals surface area contributed by atoms with E-state index in [1.807, 2.05) is 0 Å². The Morgan fingerprint density at radius 2 is 1.00 bits per heavy atom. The minimum atomic E-state index is -1.58. The first-order valence-electron chi connectivity index (χ1n) is 11.9. The van der Waals surface area contributed by atoms with Gasteiger partial charge in [-0.2, -0.15) is 0 Å². The topological polar surface area (TPSA) is 12.4 Å². The molecule has 0 saturated heterocycles. The normalized spacial score (nSPS) is 16.0. The van der Waals surface area contributed by atoms with Gasteiger partial charge in [0.25, 0.3) is 0 Å². The van der Waals surface area contributed by atoms with Crippen LogP contribution in [0.3, 0.4) is 0 Å². The summed E-state index contributed by atoms with van der Waals surface area (Å²) in [5.74, 6) is 0. The van der Waals surface area contributed by atoms with Gasteiger partial charge in [-0.15, -0.1) is 0 Å². The summed E-state index contributed by atoms with van der Waals surface area (Å²) in [7, 11) is -1.58. The molecule has 184 valence electrons. The molecule has 3 heteroatoms.